The molecular weight excluding hydrogens is 232 g/mol. The summed E-state index contributed by atoms with van der Waals surface area (Å²) in [5.74, 6) is 2.36. The van der Waals surface area contributed by atoms with Crippen LogP contribution >= 0.6 is 11.6 Å². The van der Waals surface area contributed by atoms with E-state index in [0.717, 1.165) is 37.5 Å². The lowest BCUT2D eigenvalue weighted by Crippen LogP contribution is -2.04. The number of alkyl halides is 1. The zero-order valence-electron chi connectivity index (χ0n) is 10.9. The van der Waals surface area contributed by atoms with Crippen LogP contribution in [0.5, 0.6) is 5.75 Å². The van der Waals surface area contributed by atoms with E-state index in [1.54, 1.807) is 0 Å². The molecule has 0 aliphatic heterocycles. The average molecular weight is 255 g/mol. The summed E-state index contributed by atoms with van der Waals surface area (Å²) in [5, 5.41) is 0. The predicted octanol–water partition coefficient (Wildman–Crippen LogP) is 4.67. The number of hydrogen-bond donors (Lipinski definition) is 0. The fourth-order valence-electron chi connectivity index (χ4n) is 1.75. The lowest BCUT2D eigenvalue weighted by atomic mass is 10.1. The van der Waals surface area contributed by atoms with Crippen molar-refractivity contribution in [1.29, 1.82) is 0 Å². The predicted molar refractivity (Wildman–Crippen MR) is 75.1 cm³/mol. The lowest BCUT2D eigenvalue weighted by molar-refractivity contribution is 0.282. The van der Waals surface area contributed by atoms with Gasteiger partial charge in [0.05, 0.1) is 6.61 Å². The maximum atomic E-state index is 5.71. The molecule has 0 radical (unpaired) electrons. The third-order valence-electron chi connectivity index (χ3n) is 2.94. The molecule has 1 aromatic carbocycles. The molecule has 0 amide bonds. The maximum Gasteiger partial charge on any atom is 0.119 e. The third-order valence-corrected chi connectivity index (χ3v) is 3.16. The highest BCUT2D eigenvalue weighted by atomic mass is 35.5. The first-order valence-electron chi connectivity index (χ1n) is 6.54. The molecule has 0 N–H and O–H groups in total. The summed E-state index contributed by atoms with van der Waals surface area (Å²) in [5.41, 5.74) is 1.38. The second-order valence-electron chi connectivity index (χ2n) is 4.61. The molecule has 0 aliphatic rings. The van der Waals surface area contributed by atoms with Crippen LogP contribution in [-0.4, -0.2) is 12.5 Å². The van der Waals surface area contributed by atoms with Gasteiger partial charge in [0.2, 0.25) is 0 Å². The molecule has 1 unspecified atom stereocenters. The Hall–Kier alpha value is -0.690. The molecule has 0 aromatic heterocycles. The van der Waals surface area contributed by atoms with Crippen molar-refractivity contribution in [2.45, 2.75) is 39.5 Å². The van der Waals surface area contributed by atoms with Gasteiger partial charge in [-0.1, -0.05) is 32.4 Å². The Morgan fingerprint density at radius 2 is 1.88 bits per heavy atom. The topological polar surface area (TPSA) is 9.23 Å². The Morgan fingerprint density at radius 3 is 2.47 bits per heavy atom. The Morgan fingerprint density at radius 1 is 1.18 bits per heavy atom. The Balaban J connectivity index is 2.27. The van der Waals surface area contributed by atoms with Gasteiger partial charge in [-0.2, -0.15) is 0 Å². The molecule has 96 valence electrons. The molecule has 0 bridgehead atoms. The van der Waals surface area contributed by atoms with E-state index in [1.165, 1.54) is 12.0 Å². The molecule has 0 aliphatic carbocycles. The molecule has 0 fully saturated rings. The Labute approximate surface area is 110 Å². The van der Waals surface area contributed by atoms with Crippen molar-refractivity contribution in [2.24, 2.45) is 5.92 Å². The van der Waals surface area contributed by atoms with Crippen molar-refractivity contribution in [3.63, 3.8) is 0 Å². The molecular formula is C15H23ClO. The van der Waals surface area contributed by atoms with Gasteiger partial charge in [0, 0.05) is 5.88 Å². The molecule has 1 aromatic rings. The summed E-state index contributed by atoms with van der Waals surface area (Å²) in [6.45, 7) is 5.20. The number of halogens is 1. The van der Waals surface area contributed by atoms with Crippen LogP contribution in [0.4, 0.5) is 0 Å². The maximum absolute atomic E-state index is 5.71. The number of rotatable bonds is 8. The van der Waals surface area contributed by atoms with E-state index < -0.39 is 0 Å². The fourth-order valence-corrected chi connectivity index (χ4v) is 2.12. The van der Waals surface area contributed by atoms with E-state index >= 15 is 0 Å². The van der Waals surface area contributed by atoms with Gasteiger partial charge in [-0.3, -0.25) is 0 Å². The highest BCUT2D eigenvalue weighted by molar-refractivity contribution is 6.17. The van der Waals surface area contributed by atoms with E-state index in [0.29, 0.717) is 5.92 Å². The van der Waals surface area contributed by atoms with Crippen molar-refractivity contribution in [1.82, 2.24) is 0 Å². The van der Waals surface area contributed by atoms with Gasteiger partial charge < -0.3 is 4.74 Å². The van der Waals surface area contributed by atoms with Crippen LogP contribution in [0.15, 0.2) is 24.3 Å². The van der Waals surface area contributed by atoms with Crippen molar-refractivity contribution >= 4 is 11.6 Å². The van der Waals surface area contributed by atoms with Gasteiger partial charge >= 0.3 is 0 Å². The van der Waals surface area contributed by atoms with E-state index in [1.807, 2.05) is 0 Å². The molecule has 17 heavy (non-hydrogen) atoms. The number of hydrogen-bond acceptors (Lipinski definition) is 1. The van der Waals surface area contributed by atoms with Crippen LogP contribution in [0.2, 0.25) is 0 Å². The second kappa shape index (κ2) is 8.41. The third kappa shape index (κ3) is 5.97. The van der Waals surface area contributed by atoms with Crippen LogP contribution in [-0.2, 0) is 6.42 Å². The summed E-state index contributed by atoms with van der Waals surface area (Å²) in [4.78, 5) is 0. The van der Waals surface area contributed by atoms with Gasteiger partial charge in [-0.25, -0.2) is 0 Å². The number of ether oxygens (including phenoxy) is 1. The van der Waals surface area contributed by atoms with Crippen LogP contribution in [0.25, 0.3) is 0 Å². The first kappa shape index (κ1) is 14.4. The molecule has 0 saturated heterocycles. The largest absolute Gasteiger partial charge is 0.494 e. The minimum Gasteiger partial charge on any atom is -0.494 e. The van der Waals surface area contributed by atoms with Crippen LogP contribution in [0.1, 0.15) is 38.7 Å². The highest BCUT2D eigenvalue weighted by Gasteiger charge is 2.01. The van der Waals surface area contributed by atoms with Crippen molar-refractivity contribution in [3.05, 3.63) is 29.8 Å². The monoisotopic (exact) mass is 254 g/mol. The molecule has 1 rings (SSSR count). The van der Waals surface area contributed by atoms with E-state index in [9.17, 15) is 0 Å². The smallest absolute Gasteiger partial charge is 0.119 e. The number of aryl methyl sites for hydroxylation is 1. The van der Waals surface area contributed by atoms with Crippen molar-refractivity contribution in [3.8, 4) is 5.75 Å². The van der Waals surface area contributed by atoms with E-state index in [4.69, 9.17) is 16.3 Å². The quantitative estimate of drug-likeness (QED) is 0.613. The standard InChI is InChI=1S/C15H23ClO/c1-3-4-14-5-7-15(8-6-14)17-12-10-13(2)9-11-16/h5-8,13H,3-4,9-12H2,1-2H3. The molecule has 0 heterocycles. The average Bonchev–Trinajstić information content (AvgIpc) is 2.32. The highest BCUT2D eigenvalue weighted by Crippen LogP contribution is 2.15. The van der Waals surface area contributed by atoms with Crippen molar-refractivity contribution in [2.75, 3.05) is 12.5 Å². The summed E-state index contributed by atoms with van der Waals surface area (Å²) in [6.07, 6.45) is 4.48. The van der Waals surface area contributed by atoms with Gasteiger partial charge in [0.1, 0.15) is 5.75 Å². The zero-order chi connectivity index (χ0) is 12.5. The minimum atomic E-state index is 0.645. The van der Waals surface area contributed by atoms with Gasteiger partial charge in [0.15, 0.2) is 0 Å². The lowest BCUT2D eigenvalue weighted by Gasteiger charge is -2.11. The summed E-state index contributed by atoms with van der Waals surface area (Å²) < 4.78 is 5.71. The summed E-state index contributed by atoms with van der Waals surface area (Å²) in [7, 11) is 0. The first-order valence-corrected chi connectivity index (χ1v) is 7.07. The Bertz CT molecular complexity index is 294. The molecule has 1 nitrogen and oxygen atoms in total. The Kier molecular flexibility index (Phi) is 7.11. The van der Waals surface area contributed by atoms with Crippen molar-refractivity contribution < 1.29 is 4.74 Å². The van der Waals surface area contributed by atoms with Crippen LogP contribution < -0.4 is 4.74 Å². The zero-order valence-corrected chi connectivity index (χ0v) is 11.7. The fraction of sp³-hybridized carbons (Fsp3) is 0.600. The minimum absolute atomic E-state index is 0.645. The first-order chi connectivity index (χ1) is 8.26. The van der Waals surface area contributed by atoms with Gasteiger partial charge in [-0.15, -0.1) is 11.6 Å². The molecule has 2 heteroatoms. The molecule has 0 spiro atoms. The van der Waals surface area contributed by atoms with Crippen LogP contribution in [0.3, 0.4) is 0 Å². The SMILES string of the molecule is CCCc1ccc(OCCC(C)CCCl)cc1. The normalized spacial score (nSPS) is 12.4. The summed E-state index contributed by atoms with van der Waals surface area (Å²) in [6, 6.07) is 8.44. The van der Waals surface area contributed by atoms with Crippen LogP contribution in [0, 0.1) is 5.92 Å². The van der Waals surface area contributed by atoms with E-state index in [2.05, 4.69) is 38.1 Å². The molecule has 1 atom stereocenters. The molecule has 0 saturated carbocycles. The summed E-state index contributed by atoms with van der Waals surface area (Å²) >= 11 is 5.70. The van der Waals surface area contributed by atoms with E-state index in [-0.39, 0.29) is 0 Å². The number of benzene rings is 1. The van der Waals surface area contributed by atoms with Gasteiger partial charge in [-0.05, 0) is 42.9 Å². The second-order valence-corrected chi connectivity index (χ2v) is 4.99. The van der Waals surface area contributed by atoms with Gasteiger partial charge in [0.25, 0.3) is 0 Å².